The number of nitro benzene ring substituents is 1. The lowest BCUT2D eigenvalue weighted by molar-refractivity contribution is -0.387. The molecule has 0 saturated heterocycles. The third-order valence-corrected chi connectivity index (χ3v) is 3.20. The zero-order valence-electron chi connectivity index (χ0n) is 12.3. The number of hydrogen-bond acceptors (Lipinski definition) is 4. The number of rotatable bonds is 8. The van der Waals surface area contributed by atoms with E-state index in [2.05, 4.69) is 5.32 Å². The molecule has 1 aromatic carbocycles. The fraction of sp³-hybridized carbons (Fsp3) is 0.500. The molecular weight excluding hydrogens is 277 g/mol. The van der Waals surface area contributed by atoms with Crippen molar-refractivity contribution in [3.8, 4) is 0 Å². The second kappa shape index (κ2) is 8.31. The van der Waals surface area contributed by atoms with Crippen molar-refractivity contribution in [2.24, 2.45) is 0 Å². The molecule has 0 radical (unpaired) electrons. The van der Waals surface area contributed by atoms with Crippen LogP contribution >= 0.6 is 0 Å². The average molecular weight is 297 g/mol. The molecule has 0 saturated carbocycles. The molecule has 1 N–H and O–H groups in total. The van der Waals surface area contributed by atoms with Crippen molar-refractivity contribution in [1.82, 2.24) is 10.2 Å². The van der Waals surface area contributed by atoms with Gasteiger partial charge in [-0.2, -0.15) is 4.39 Å². The van der Waals surface area contributed by atoms with Crippen molar-refractivity contribution in [1.29, 1.82) is 0 Å². The van der Waals surface area contributed by atoms with Crippen molar-refractivity contribution < 1.29 is 14.1 Å². The van der Waals surface area contributed by atoms with E-state index in [1.807, 2.05) is 13.8 Å². The van der Waals surface area contributed by atoms with Gasteiger partial charge in [0.05, 0.1) is 4.92 Å². The highest BCUT2D eigenvalue weighted by Crippen LogP contribution is 2.19. The predicted octanol–water partition coefficient (Wildman–Crippen LogP) is 2.08. The maximum Gasteiger partial charge on any atom is 0.305 e. The molecule has 7 heteroatoms. The Labute approximate surface area is 123 Å². The summed E-state index contributed by atoms with van der Waals surface area (Å²) in [5, 5.41) is 13.6. The molecule has 0 aliphatic carbocycles. The van der Waals surface area contributed by atoms with Crippen LogP contribution in [0.3, 0.4) is 0 Å². The second-order valence-corrected chi connectivity index (χ2v) is 4.50. The first-order chi connectivity index (χ1) is 10.0. The van der Waals surface area contributed by atoms with E-state index in [0.29, 0.717) is 26.1 Å². The lowest BCUT2D eigenvalue weighted by Gasteiger charge is -2.18. The van der Waals surface area contributed by atoms with E-state index in [0.717, 1.165) is 6.07 Å². The average Bonchev–Trinajstić information content (AvgIpc) is 2.46. The number of hydrogen-bond donors (Lipinski definition) is 1. The SMILES string of the molecule is CCN(CC)C(=O)CCNCc1cccc([N+](=O)[O-])c1F. The minimum Gasteiger partial charge on any atom is -0.343 e. The maximum atomic E-state index is 13.8. The molecule has 1 aromatic rings. The predicted molar refractivity (Wildman–Crippen MR) is 77.3 cm³/mol. The van der Waals surface area contributed by atoms with Gasteiger partial charge in [0.1, 0.15) is 0 Å². The zero-order chi connectivity index (χ0) is 15.8. The summed E-state index contributed by atoms with van der Waals surface area (Å²) in [5.41, 5.74) is -0.312. The van der Waals surface area contributed by atoms with Crippen LogP contribution in [0.5, 0.6) is 0 Å². The van der Waals surface area contributed by atoms with Crippen molar-refractivity contribution >= 4 is 11.6 Å². The lowest BCUT2D eigenvalue weighted by Crippen LogP contribution is -2.32. The van der Waals surface area contributed by atoms with Gasteiger partial charge in [0.2, 0.25) is 11.7 Å². The molecule has 0 fully saturated rings. The fourth-order valence-corrected chi connectivity index (χ4v) is 2.00. The van der Waals surface area contributed by atoms with Crippen LogP contribution in [0.25, 0.3) is 0 Å². The van der Waals surface area contributed by atoms with Crippen LogP contribution < -0.4 is 5.32 Å². The molecule has 1 amide bonds. The van der Waals surface area contributed by atoms with Gasteiger partial charge in [0.25, 0.3) is 0 Å². The van der Waals surface area contributed by atoms with Crippen LogP contribution in [0.2, 0.25) is 0 Å². The fourth-order valence-electron chi connectivity index (χ4n) is 2.00. The van der Waals surface area contributed by atoms with Gasteiger partial charge in [0.15, 0.2) is 0 Å². The highest BCUT2D eigenvalue weighted by molar-refractivity contribution is 5.76. The Bertz CT molecular complexity index is 504. The van der Waals surface area contributed by atoms with Gasteiger partial charge >= 0.3 is 5.69 Å². The molecule has 0 spiro atoms. The number of halogens is 1. The largest absolute Gasteiger partial charge is 0.343 e. The van der Waals surface area contributed by atoms with Crippen molar-refractivity contribution in [2.45, 2.75) is 26.8 Å². The molecule has 0 unspecified atom stereocenters. The van der Waals surface area contributed by atoms with Crippen molar-refractivity contribution in [3.63, 3.8) is 0 Å². The van der Waals surface area contributed by atoms with Crippen LogP contribution in [0.4, 0.5) is 10.1 Å². The van der Waals surface area contributed by atoms with Crippen LogP contribution in [-0.2, 0) is 11.3 Å². The third kappa shape index (κ3) is 4.78. The summed E-state index contributed by atoms with van der Waals surface area (Å²) in [6, 6.07) is 4.06. The van der Waals surface area contributed by atoms with Gasteiger partial charge in [0, 0.05) is 44.2 Å². The Balaban J connectivity index is 2.48. The Hall–Kier alpha value is -2.02. The van der Waals surface area contributed by atoms with Crippen LogP contribution in [0, 0.1) is 15.9 Å². The molecule has 0 aliphatic rings. The Morgan fingerprint density at radius 1 is 1.38 bits per heavy atom. The molecule has 116 valence electrons. The first kappa shape index (κ1) is 17.0. The molecule has 0 aliphatic heterocycles. The smallest absolute Gasteiger partial charge is 0.305 e. The first-order valence-electron chi connectivity index (χ1n) is 6.91. The van der Waals surface area contributed by atoms with Gasteiger partial charge in [-0.15, -0.1) is 0 Å². The summed E-state index contributed by atoms with van der Waals surface area (Å²) >= 11 is 0. The van der Waals surface area contributed by atoms with E-state index in [9.17, 15) is 19.3 Å². The normalized spacial score (nSPS) is 10.4. The minimum absolute atomic E-state index is 0.0343. The Kier molecular flexibility index (Phi) is 6.74. The van der Waals surface area contributed by atoms with Gasteiger partial charge in [-0.05, 0) is 13.8 Å². The van der Waals surface area contributed by atoms with E-state index in [1.54, 1.807) is 4.90 Å². The third-order valence-electron chi connectivity index (χ3n) is 3.20. The quantitative estimate of drug-likeness (QED) is 0.453. The zero-order valence-corrected chi connectivity index (χ0v) is 12.3. The van der Waals surface area contributed by atoms with Crippen molar-refractivity contribution in [2.75, 3.05) is 19.6 Å². The molecule has 1 rings (SSSR count). The first-order valence-corrected chi connectivity index (χ1v) is 6.91. The summed E-state index contributed by atoms with van der Waals surface area (Å²) < 4.78 is 13.8. The molecule has 0 heterocycles. The Morgan fingerprint density at radius 3 is 2.62 bits per heavy atom. The van der Waals surface area contributed by atoms with Gasteiger partial charge in [-0.3, -0.25) is 14.9 Å². The minimum atomic E-state index is -0.829. The summed E-state index contributed by atoms with van der Waals surface area (Å²) in [6.07, 6.45) is 0.318. The topological polar surface area (TPSA) is 75.5 Å². The number of nitrogens with zero attached hydrogens (tertiary/aromatic N) is 2. The van der Waals surface area contributed by atoms with Crippen LogP contribution in [0.1, 0.15) is 25.8 Å². The van der Waals surface area contributed by atoms with Gasteiger partial charge in [-0.25, -0.2) is 0 Å². The van der Waals surface area contributed by atoms with E-state index in [1.165, 1.54) is 12.1 Å². The van der Waals surface area contributed by atoms with E-state index in [4.69, 9.17) is 0 Å². The van der Waals surface area contributed by atoms with Crippen LogP contribution in [0.15, 0.2) is 18.2 Å². The maximum absolute atomic E-state index is 13.8. The molecule has 21 heavy (non-hydrogen) atoms. The van der Waals surface area contributed by atoms with Gasteiger partial charge in [-0.1, -0.05) is 12.1 Å². The molecule has 0 bridgehead atoms. The highest BCUT2D eigenvalue weighted by atomic mass is 19.1. The lowest BCUT2D eigenvalue weighted by atomic mass is 10.2. The monoisotopic (exact) mass is 297 g/mol. The number of benzene rings is 1. The number of carbonyl (C=O) groups excluding carboxylic acids is 1. The number of amides is 1. The number of carbonyl (C=O) groups is 1. The number of nitrogens with one attached hydrogen (secondary N) is 1. The highest BCUT2D eigenvalue weighted by Gasteiger charge is 2.16. The molecular formula is C14H20FN3O3. The van der Waals surface area contributed by atoms with E-state index in [-0.39, 0.29) is 18.0 Å². The summed E-state index contributed by atoms with van der Waals surface area (Å²) in [5.74, 6) is -0.794. The summed E-state index contributed by atoms with van der Waals surface area (Å²) in [4.78, 5) is 23.3. The van der Waals surface area contributed by atoms with Crippen molar-refractivity contribution in [3.05, 3.63) is 39.7 Å². The molecule has 0 atom stereocenters. The van der Waals surface area contributed by atoms with E-state index >= 15 is 0 Å². The van der Waals surface area contributed by atoms with E-state index < -0.39 is 16.4 Å². The molecule has 6 nitrogen and oxygen atoms in total. The summed E-state index contributed by atoms with van der Waals surface area (Å²) in [6.45, 7) is 5.70. The second-order valence-electron chi connectivity index (χ2n) is 4.50. The van der Waals surface area contributed by atoms with Crippen LogP contribution in [-0.4, -0.2) is 35.4 Å². The number of nitro groups is 1. The molecule has 0 aromatic heterocycles. The van der Waals surface area contributed by atoms with Gasteiger partial charge < -0.3 is 10.2 Å². The standard InChI is InChI=1S/C14H20FN3O3/c1-3-17(4-2)13(19)8-9-16-10-11-6-5-7-12(14(11)15)18(20)21/h5-7,16H,3-4,8-10H2,1-2H3. The Morgan fingerprint density at radius 2 is 2.05 bits per heavy atom. The summed E-state index contributed by atoms with van der Waals surface area (Å²) in [7, 11) is 0.